The SMILES string of the molecule is CC(C)(C)OC(=O)Oc1ccc(C2CCCS2)c2ccccc12. The van der Waals surface area contributed by atoms with Gasteiger partial charge in [-0.2, -0.15) is 11.8 Å². The number of carbonyl (C=O) groups excluding carboxylic acids is 1. The topological polar surface area (TPSA) is 35.5 Å². The fraction of sp³-hybridized carbons (Fsp3) is 0.421. The minimum atomic E-state index is -0.661. The Morgan fingerprint density at radius 1 is 1.13 bits per heavy atom. The summed E-state index contributed by atoms with van der Waals surface area (Å²) in [7, 11) is 0. The van der Waals surface area contributed by atoms with Crippen LogP contribution in [0, 0.1) is 0 Å². The van der Waals surface area contributed by atoms with E-state index >= 15 is 0 Å². The lowest BCUT2D eigenvalue weighted by atomic mass is 9.99. The van der Waals surface area contributed by atoms with Crippen LogP contribution in [0.4, 0.5) is 4.79 Å². The van der Waals surface area contributed by atoms with Gasteiger partial charge in [0.15, 0.2) is 0 Å². The molecule has 1 aliphatic heterocycles. The third kappa shape index (κ3) is 3.81. The first kappa shape index (κ1) is 16.2. The number of fused-ring (bicyclic) bond motifs is 1. The van der Waals surface area contributed by atoms with Gasteiger partial charge in [0.05, 0.1) is 0 Å². The second-order valence-electron chi connectivity index (χ2n) is 6.77. The van der Waals surface area contributed by atoms with Gasteiger partial charge in [0.25, 0.3) is 0 Å². The molecule has 1 fully saturated rings. The number of carbonyl (C=O) groups is 1. The summed E-state index contributed by atoms with van der Waals surface area (Å²) in [6, 6.07) is 12.1. The smallest absolute Gasteiger partial charge is 0.428 e. The molecule has 0 saturated carbocycles. The molecule has 1 unspecified atom stereocenters. The Bertz CT molecular complexity index is 712. The predicted molar refractivity (Wildman–Crippen MR) is 95.2 cm³/mol. The van der Waals surface area contributed by atoms with E-state index in [1.807, 2.05) is 56.8 Å². The van der Waals surface area contributed by atoms with Crippen LogP contribution in [0.15, 0.2) is 36.4 Å². The molecule has 2 aromatic carbocycles. The standard InChI is InChI=1S/C19H22O3S/c1-19(2,3)22-18(20)21-16-11-10-15(17-9-6-12-23-17)13-7-4-5-8-14(13)16/h4-5,7-8,10-11,17H,6,9,12H2,1-3H3. The van der Waals surface area contributed by atoms with Crippen molar-refractivity contribution in [3.63, 3.8) is 0 Å². The molecule has 1 atom stereocenters. The van der Waals surface area contributed by atoms with Crippen LogP contribution in [-0.4, -0.2) is 17.5 Å². The number of benzene rings is 2. The Morgan fingerprint density at radius 2 is 1.87 bits per heavy atom. The molecule has 0 amide bonds. The van der Waals surface area contributed by atoms with E-state index in [1.54, 1.807) is 0 Å². The quantitative estimate of drug-likeness (QED) is 0.521. The van der Waals surface area contributed by atoms with E-state index < -0.39 is 11.8 Å². The van der Waals surface area contributed by atoms with Crippen LogP contribution >= 0.6 is 11.8 Å². The molecule has 1 aliphatic rings. The molecule has 1 heterocycles. The van der Waals surface area contributed by atoms with Gasteiger partial charge >= 0.3 is 6.16 Å². The third-order valence-corrected chi connectivity index (χ3v) is 5.19. The Morgan fingerprint density at radius 3 is 2.52 bits per heavy atom. The van der Waals surface area contributed by atoms with Gasteiger partial charge in [-0.3, -0.25) is 0 Å². The lowest BCUT2D eigenvalue weighted by Gasteiger charge is -2.20. The first-order valence-electron chi connectivity index (χ1n) is 7.98. The Kier molecular flexibility index (Phi) is 4.53. The van der Waals surface area contributed by atoms with Crippen LogP contribution < -0.4 is 4.74 Å². The van der Waals surface area contributed by atoms with Gasteiger partial charge in [0, 0.05) is 10.6 Å². The molecule has 1 saturated heterocycles. The van der Waals surface area contributed by atoms with Crippen LogP contribution in [0.5, 0.6) is 5.75 Å². The van der Waals surface area contributed by atoms with Crippen molar-refractivity contribution < 1.29 is 14.3 Å². The Balaban J connectivity index is 1.93. The van der Waals surface area contributed by atoms with E-state index in [4.69, 9.17) is 9.47 Å². The molecule has 0 radical (unpaired) electrons. The Hall–Kier alpha value is -1.68. The van der Waals surface area contributed by atoms with Gasteiger partial charge in [-0.05, 0) is 56.4 Å². The van der Waals surface area contributed by atoms with Gasteiger partial charge in [-0.1, -0.05) is 30.3 Å². The van der Waals surface area contributed by atoms with E-state index in [0.717, 1.165) is 10.8 Å². The molecule has 0 spiro atoms. The van der Waals surface area contributed by atoms with Crippen LogP contribution in [0.1, 0.15) is 44.4 Å². The molecule has 0 aromatic heterocycles. The van der Waals surface area contributed by atoms with Gasteiger partial charge < -0.3 is 9.47 Å². The molecular formula is C19H22O3S. The highest BCUT2D eigenvalue weighted by molar-refractivity contribution is 7.99. The van der Waals surface area contributed by atoms with Crippen molar-refractivity contribution >= 4 is 28.7 Å². The summed E-state index contributed by atoms with van der Waals surface area (Å²) in [5.74, 6) is 1.77. The second kappa shape index (κ2) is 6.44. The largest absolute Gasteiger partial charge is 0.514 e. The van der Waals surface area contributed by atoms with Gasteiger partial charge in [-0.25, -0.2) is 4.79 Å². The van der Waals surface area contributed by atoms with Crippen molar-refractivity contribution in [2.45, 2.75) is 44.5 Å². The minimum Gasteiger partial charge on any atom is -0.428 e. The van der Waals surface area contributed by atoms with E-state index in [-0.39, 0.29) is 0 Å². The van der Waals surface area contributed by atoms with Crippen LogP contribution in [0.2, 0.25) is 0 Å². The summed E-state index contributed by atoms with van der Waals surface area (Å²) >= 11 is 2.01. The van der Waals surface area contributed by atoms with E-state index in [1.165, 1.54) is 24.2 Å². The molecule has 4 heteroatoms. The first-order valence-corrected chi connectivity index (χ1v) is 9.03. The average Bonchev–Trinajstić information content (AvgIpc) is 2.99. The fourth-order valence-corrected chi connectivity index (χ4v) is 4.18. The maximum atomic E-state index is 12.0. The maximum absolute atomic E-state index is 12.0. The molecule has 0 bridgehead atoms. The molecule has 122 valence electrons. The van der Waals surface area contributed by atoms with Crippen molar-refractivity contribution in [2.24, 2.45) is 0 Å². The second-order valence-corrected chi connectivity index (χ2v) is 8.08. The average molecular weight is 330 g/mol. The third-order valence-electron chi connectivity index (χ3n) is 3.78. The van der Waals surface area contributed by atoms with Crippen LogP contribution in [-0.2, 0) is 4.74 Å². The summed E-state index contributed by atoms with van der Waals surface area (Å²) in [4.78, 5) is 12.0. The molecule has 2 aromatic rings. The predicted octanol–water partition coefficient (Wildman–Crippen LogP) is 5.72. The van der Waals surface area contributed by atoms with Crippen molar-refractivity contribution in [3.05, 3.63) is 42.0 Å². The highest BCUT2D eigenvalue weighted by Crippen LogP contribution is 2.44. The van der Waals surface area contributed by atoms with Crippen molar-refractivity contribution in [1.29, 1.82) is 0 Å². The van der Waals surface area contributed by atoms with Crippen LogP contribution in [0.3, 0.4) is 0 Å². The van der Waals surface area contributed by atoms with Gasteiger partial charge in [0.1, 0.15) is 11.4 Å². The number of hydrogen-bond donors (Lipinski definition) is 0. The summed E-state index contributed by atoms with van der Waals surface area (Å²) in [5, 5.41) is 2.66. The number of ether oxygens (including phenoxy) is 2. The maximum Gasteiger partial charge on any atom is 0.514 e. The highest BCUT2D eigenvalue weighted by atomic mass is 32.2. The molecule has 3 rings (SSSR count). The molecule has 23 heavy (non-hydrogen) atoms. The molecule has 0 aliphatic carbocycles. The zero-order chi connectivity index (χ0) is 16.4. The summed E-state index contributed by atoms with van der Waals surface area (Å²) in [6.45, 7) is 5.48. The summed E-state index contributed by atoms with van der Waals surface area (Å²) in [6.07, 6.45) is 1.81. The fourth-order valence-electron chi connectivity index (χ4n) is 2.85. The zero-order valence-electron chi connectivity index (χ0n) is 13.8. The zero-order valence-corrected chi connectivity index (χ0v) is 14.6. The normalized spacial score (nSPS) is 18.1. The van der Waals surface area contributed by atoms with Crippen LogP contribution in [0.25, 0.3) is 10.8 Å². The number of hydrogen-bond acceptors (Lipinski definition) is 4. The van der Waals surface area contributed by atoms with Gasteiger partial charge in [-0.15, -0.1) is 0 Å². The van der Waals surface area contributed by atoms with E-state index in [0.29, 0.717) is 11.0 Å². The summed E-state index contributed by atoms with van der Waals surface area (Å²) in [5.41, 5.74) is 0.771. The first-order chi connectivity index (χ1) is 10.9. The molecule has 0 N–H and O–H groups in total. The van der Waals surface area contributed by atoms with Gasteiger partial charge in [0.2, 0.25) is 0 Å². The highest BCUT2D eigenvalue weighted by Gasteiger charge is 2.22. The van der Waals surface area contributed by atoms with Crippen molar-refractivity contribution in [3.8, 4) is 5.75 Å². The Labute approximate surface area is 141 Å². The minimum absolute atomic E-state index is 0.537. The monoisotopic (exact) mass is 330 g/mol. The number of rotatable bonds is 2. The summed E-state index contributed by atoms with van der Waals surface area (Å²) < 4.78 is 10.7. The van der Waals surface area contributed by atoms with Crippen molar-refractivity contribution in [1.82, 2.24) is 0 Å². The number of thioether (sulfide) groups is 1. The lowest BCUT2D eigenvalue weighted by Crippen LogP contribution is -2.26. The van der Waals surface area contributed by atoms with E-state index in [2.05, 4.69) is 12.1 Å². The molecule has 3 nitrogen and oxygen atoms in total. The van der Waals surface area contributed by atoms with Crippen molar-refractivity contribution in [2.75, 3.05) is 5.75 Å². The lowest BCUT2D eigenvalue weighted by molar-refractivity contribution is 0.0209. The molecular weight excluding hydrogens is 308 g/mol. The van der Waals surface area contributed by atoms with E-state index in [9.17, 15) is 4.79 Å².